The van der Waals surface area contributed by atoms with Gasteiger partial charge in [-0.3, -0.25) is 0 Å². The van der Waals surface area contributed by atoms with Crippen LogP contribution in [0.3, 0.4) is 0 Å². The lowest BCUT2D eigenvalue weighted by molar-refractivity contribution is -0.137. The summed E-state index contributed by atoms with van der Waals surface area (Å²) in [6.45, 7) is 9.29. The van der Waals surface area contributed by atoms with E-state index in [2.05, 4.69) is 0 Å². The van der Waals surface area contributed by atoms with Crippen molar-refractivity contribution in [3.05, 3.63) is 35.4 Å². The number of nitrogens with zero attached hydrogens (tertiary/aromatic N) is 1. The Kier molecular flexibility index (Phi) is 7.88. The molecule has 1 saturated heterocycles. The van der Waals surface area contributed by atoms with Gasteiger partial charge in [0.1, 0.15) is 17.4 Å². The maximum Gasteiger partial charge on any atom is 0.416 e. The van der Waals surface area contributed by atoms with Gasteiger partial charge in [0, 0.05) is 25.9 Å². The molecule has 0 bridgehead atoms. The van der Waals surface area contributed by atoms with Crippen LogP contribution in [-0.4, -0.2) is 40.5 Å². The van der Waals surface area contributed by atoms with E-state index in [1.807, 2.05) is 13.8 Å². The molecular formula is C20H29F4NO3. The molecule has 1 aliphatic heterocycles. The van der Waals surface area contributed by atoms with Crippen molar-refractivity contribution >= 4 is 6.09 Å². The number of carbonyl (C=O) groups is 1. The lowest BCUT2D eigenvalue weighted by atomic mass is 9.84. The molecule has 1 aromatic rings. The molecule has 0 aromatic heterocycles. The number of rotatable bonds is 2. The van der Waals surface area contributed by atoms with Crippen molar-refractivity contribution in [1.82, 2.24) is 4.90 Å². The Labute approximate surface area is 163 Å². The van der Waals surface area contributed by atoms with Gasteiger partial charge in [-0.25, -0.2) is 9.18 Å². The Morgan fingerprint density at radius 2 is 1.57 bits per heavy atom. The molecule has 0 radical (unpaired) electrons. The molecule has 8 heteroatoms. The van der Waals surface area contributed by atoms with Gasteiger partial charge in [-0.2, -0.15) is 13.2 Å². The average Bonchev–Trinajstić information content (AvgIpc) is 2.61. The van der Waals surface area contributed by atoms with Crippen LogP contribution < -0.4 is 0 Å². The number of ether oxygens (including phenoxy) is 1. The predicted octanol–water partition coefficient (Wildman–Crippen LogP) is 5.50. The molecule has 1 fully saturated rings. The summed E-state index contributed by atoms with van der Waals surface area (Å²) in [5, 5.41) is 10.3. The van der Waals surface area contributed by atoms with Crippen LogP contribution in [0.1, 0.15) is 64.7 Å². The van der Waals surface area contributed by atoms with Gasteiger partial charge >= 0.3 is 12.3 Å². The van der Waals surface area contributed by atoms with Gasteiger partial charge in [0.05, 0.1) is 5.56 Å². The van der Waals surface area contributed by atoms with Crippen LogP contribution in [0.2, 0.25) is 0 Å². The summed E-state index contributed by atoms with van der Waals surface area (Å²) in [4.78, 5) is 13.4. The highest BCUT2D eigenvalue weighted by Gasteiger charge is 2.43. The zero-order valence-corrected chi connectivity index (χ0v) is 16.9. The van der Waals surface area contributed by atoms with Gasteiger partial charge in [0.25, 0.3) is 0 Å². The zero-order chi connectivity index (χ0) is 21.8. The van der Waals surface area contributed by atoms with Crippen molar-refractivity contribution in [3.63, 3.8) is 0 Å². The third-order valence-electron chi connectivity index (χ3n) is 4.29. The van der Waals surface area contributed by atoms with E-state index in [0.717, 1.165) is 24.3 Å². The van der Waals surface area contributed by atoms with Gasteiger partial charge in [0.2, 0.25) is 0 Å². The molecule has 1 aliphatic rings. The van der Waals surface area contributed by atoms with Crippen LogP contribution >= 0.6 is 0 Å². The van der Waals surface area contributed by atoms with Crippen molar-refractivity contribution in [1.29, 1.82) is 0 Å². The monoisotopic (exact) mass is 407 g/mol. The molecular weight excluding hydrogens is 378 g/mol. The number of alkyl halides is 4. The molecule has 2 rings (SSSR count). The molecule has 1 N–H and O–H groups in total. The minimum absolute atomic E-state index is 0.0586. The molecule has 28 heavy (non-hydrogen) atoms. The minimum Gasteiger partial charge on any atom is -0.444 e. The molecule has 160 valence electrons. The van der Waals surface area contributed by atoms with E-state index >= 15 is 4.39 Å². The fourth-order valence-corrected chi connectivity index (χ4v) is 2.81. The summed E-state index contributed by atoms with van der Waals surface area (Å²) in [6.07, 6.45) is -6.87. The van der Waals surface area contributed by atoms with Crippen molar-refractivity contribution < 1.29 is 32.2 Å². The quantitative estimate of drug-likeness (QED) is 0.658. The van der Waals surface area contributed by atoms with Crippen LogP contribution in [0, 0.1) is 0 Å². The second-order valence-electron chi connectivity index (χ2n) is 7.52. The van der Waals surface area contributed by atoms with Gasteiger partial charge < -0.3 is 14.7 Å². The van der Waals surface area contributed by atoms with Crippen LogP contribution in [0.25, 0.3) is 0 Å². The second kappa shape index (κ2) is 9.11. The third kappa shape index (κ3) is 6.36. The number of aliphatic hydroxyl groups is 1. The van der Waals surface area contributed by atoms with Crippen LogP contribution in [-0.2, 0) is 10.9 Å². The van der Waals surface area contributed by atoms with Crippen LogP contribution in [0.5, 0.6) is 0 Å². The first kappa shape index (κ1) is 24.2. The Morgan fingerprint density at radius 1 is 1.11 bits per heavy atom. The summed E-state index contributed by atoms with van der Waals surface area (Å²) in [7, 11) is 0. The van der Waals surface area contributed by atoms with E-state index < -0.39 is 35.2 Å². The molecule has 1 heterocycles. The predicted molar refractivity (Wildman–Crippen MR) is 98.6 cm³/mol. The van der Waals surface area contributed by atoms with E-state index in [-0.39, 0.29) is 31.5 Å². The summed E-state index contributed by atoms with van der Waals surface area (Å²) >= 11 is 0. The van der Waals surface area contributed by atoms with E-state index in [0.29, 0.717) is 0 Å². The highest BCUT2D eigenvalue weighted by atomic mass is 19.4. The zero-order valence-electron chi connectivity index (χ0n) is 16.9. The molecule has 0 spiro atoms. The van der Waals surface area contributed by atoms with Gasteiger partial charge in [-0.15, -0.1) is 0 Å². The first-order chi connectivity index (χ1) is 12.8. The number of amides is 1. The normalized spacial score (nSPS) is 18.0. The highest BCUT2D eigenvalue weighted by molar-refractivity contribution is 5.68. The minimum atomic E-state index is -4.49. The summed E-state index contributed by atoms with van der Waals surface area (Å²) in [5.41, 5.74) is -3.47. The lowest BCUT2D eigenvalue weighted by Gasteiger charge is -2.39. The van der Waals surface area contributed by atoms with Gasteiger partial charge in [-0.1, -0.05) is 26.0 Å². The van der Waals surface area contributed by atoms with Crippen molar-refractivity contribution in [3.8, 4) is 0 Å². The second-order valence-corrected chi connectivity index (χ2v) is 7.52. The lowest BCUT2D eigenvalue weighted by Crippen LogP contribution is -2.48. The highest BCUT2D eigenvalue weighted by Crippen LogP contribution is 2.39. The topological polar surface area (TPSA) is 49.8 Å². The Balaban J connectivity index is 0.00000190. The molecule has 1 unspecified atom stereocenters. The molecule has 4 nitrogen and oxygen atoms in total. The Bertz CT molecular complexity index is 630. The van der Waals surface area contributed by atoms with E-state index in [1.54, 1.807) is 20.8 Å². The Hall–Kier alpha value is -1.83. The molecule has 1 aromatic carbocycles. The maximum atomic E-state index is 15.1. The summed E-state index contributed by atoms with van der Waals surface area (Å²) in [6, 6.07) is 3.79. The fourth-order valence-electron chi connectivity index (χ4n) is 2.81. The Morgan fingerprint density at radius 3 is 1.96 bits per heavy atom. The number of benzene rings is 1. The van der Waals surface area contributed by atoms with E-state index in [4.69, 9.17) is 4.74 Å². The van der Waals surface area contributed by atoms with Gasteiger partial charge in [0.15, 0.2) is 0 Å². The van der Waals surface area contributed by atoms with Gasteiger partial charge in [-0.05, 0) is 38.5 Å². The first-order valence-electron chi connectivity index (χ1n) is 9.34. The summed E-state index contributed by atoms with van der Waals surface area (Å²) < 4.78 is 58.1. The number of carbonyl (C=O) groups excluding carboxylic acids is 1. The number of halogens is 4. The van der Waals surface area contributed by atoms with E-state index in [9.17, 15) is 23.1 Å². The molecule has 0 aliphatic carbocycles. The number of hydrogen-bond donors (Lipinski definition) is 1. The maximum absolute atomic E-state index is 15.1. The fraction of sp³-hybridized carbons (Fsp3) is 0.650. The van der Waals surface area contributed by atoms with Crippen LogP contribution in [0.4, 0.5) is 22.4 Å². The number of hydrogen-bond acceptors (Lipinski definition) is 3. The molecule has 0 saturated carbocycles. The van der Waals surface area contributed by atoms with Crippen LogP contribution in [0.15, 0.2) is 24.3 Å². The summed E-state index contributed by atoms with van der Waals surface area (Å²) in [5.74, 6) is 0. The molecule has 1 atom stereocenters. The average molecular weight is 407 g/mol. The van der Waals surface area contributed by atoms with E-state index in [1.165, 1.54) is 4.90 Å². The van der Waals surface area contributed by atoms with Crippen molar-refractivity contribution in [2.75, 3.05) is 13.1 Å². The standard InChI is InChI=1S/C18H23F4NO3.C2H6/c1-16(2,3)26-15(25)23-10-8-17(19,9-11-23)14(24)12-4-6-13(7-5-12)18(20,21)22;1-2/h4-7,14,24H,8-11H2,1-3H3;1-2H3. The van der Waals surface area contributed by atoms with Crippen molar-refractivity contribution in [2.24, 2.45) is 0 Å². The number of aliphatic hydroxyl groups excluding tert-OH is 1. The largest absolute Gasteiger partial charge is 0.444 e. The smallest absolute Gasteiger partial charge is 0.416 e. The van der Waals surface area contributed by atoms with Crippen molar-refractivity contribution in [2.45, 2.75) is 71.0 Å². The molecule has 1 amide bonds. The third-order valence-corrected chi connectivity index (χ3v) is 4.29. The SMILES string of the molecule is CC.CC(C)(C)OC(=O)N1CCC(F)(C(O)c2ccc(C(F)(F)F)cc2)CC1. The first-order valence-corrected chi connectivity index (χ1v) is 9.34. The number of piperidine rings is 1. The number of likely N-dealkylation sites (tertiary alicyclic amines) is 1.